The molecular weight excluding hydrogens is 224 g/mol. The quantitative estimate of drug-likeness (QED) is 0.755. The van der Waals surface area contributed by atoms with Crippen molar-refractivity contribution in [2.24, 2.45) is 11.8 Å². The van der Waals surface area contributed by atoms with Crippen molar-refractivity contribution < 1.29 is 0 Å². The number of aromatic nitrogens is 2. The Bertz CT molecular complexity index is 576. The summed E-state index contributed by atoms with van der Waals surface area (Å²) in [6, 6.07) is 5.86. The van der Waals surface area contributed by atoms with Crippen molar-refractivity contribution in [3.05, 3.63) is 18.2 Å². The molecule has 4 rings (SSSR count). The Hall–Kier alpha value is -1.71. The molecule has 2 atom stereocenters. The van der Waals surface area contributed by atoms with Crippen molar-refractivity contribution in [1.29, 1.82) is 0 Å². The third-order valence-corrected chi connectivity index (χ3v) is 4.52. The fourth-order valence-corrected chi connectivity index (χ4v) is 3.57. The van der Waals surface area contributed by atoms with Crippen LogP contribution in [0.1, 0.15) is 19.3 Å². The molecule has 4 heteroatoms. The molecule has 1 saturated carbocycles. The maximum atomic E-state index is 5.80. The Balaban J connectivity index is 1.67. The number of fused-ring (bicyclic) bond motifs is 2. The number of H-pyrrole nitrogens is 1. The van der Waals surface area contributed by atoms with E-state index in [0.29, 0.717) is 0 Å². The molecule has 2 heterocycles. The molecule has 1 aromatic carbocycles. The molecule has 1 aliphatic carbocycles. The van der Waals surface area contributed by atoms with Gasteiger partial charge < -0.3 is 15.6 Å². The minimum absolute atomic E-state index is 0.788. The van der Waals surface area contributed by atoms with Crippen LogP contribution in [-0.4, -0.2) is 23.1 Å². The van der Waals surface area contributed by atoms with E-state index in [1.807, 2.05) is 18.2 Å². The van der Waals surface area contributed by atoms with Gasteiger partial charge in [0.15, 0.2) is 0 Å². The van der Waals surface area contributed by atoms with E-state index in [4.69, 9.17) is 5.73 Å². The van der Waals surface area contributed by atoms with Crippen LogP contribution in [0.5, 0.6) is 0 Å². The molecule has 1 aliphatic heterocycles. The molecular formula is C14H18N4. The minimum Gasteiger partial charge on any atom is -0.399 e. The highest BCUT2D eigenvalue weighted by Crippen LogP contribution is 2.39. The highest BCUT2D eigenvalue weighted by molar-refractivity contribution is 5.80. The molecule has 2 fully saturated rings. The lowest BCUT2D eigenvalue weighted by atomic mass is 10.0. The summed E-state index contributed by atoms with van der Waals surface area (Å²) < 4.78 is 0. The van der Waals surface area contributed by atoms with Crippen molar-refractivity contribution in [2.45, 2.75) is 19.3 Å². The Labute approximate surface area is 106 Å². The molecule has 3 N–H and O–H groups in total. The number of nitrogen functional groups attached to an aromatic ring is 1. The molecule has 94 valence electrons. The van der Waals surface area contributed by atoms with E-state index in [1.54, 1.807) is 0 Å². The van der Waals surface area contributed by atoms with Gasteiger partial charge in [-0.2, -0.15) is 0 Å². The van der Waals surface area contributed by atoms with Crippen LogP contribution >= 0.6 is 0 Å². The molecule has 0 radical (unpaired) electrons. The first-order valence-corrected chi connectivity index (χ1v) is 6.80. The van der Waals surface area contributed by atoms with Crippen LogP contribution < -0.4 is 10.6 Å². The van der Waals surface area contributed by atoms with E-state index in [9.17, 15) is 0 Å². The molecule has 18 heavy (non-hydrogen) atoms. The van der Waals surface area contributed by atoms with Crippen LogP contribution in [0.25, 0.3) is 11.0 Å². The number of nitrogens with one attached hydrogen (secondary N) is 1. The zero-order valence-corrected chi connectivity index (χ0v) is 10.4. The Kier molecular flexibility index (Phi) is 2.07. The number of aromatic amines is 1. The lowest BCUT2D eigenvalue weighted by molar-refractivity contribution is 0.494. The Morgan fingerprint density at radius 1 is 1.22 bits per heavy atom. The summed E-state index contributed by atoms with van der Waals surface area (Å²) in [7, 11) is 0. The summed E-state index contributed by atoms with van der Waals surface area (Å²) in [5, 5.41) is 0. The molecule has 0 bridgehead atoms. The van der Waals surface area contributed by atoms with Gasteiger partial charge in [-0.1, -0.05) is 6.42 Å². The smallest absolute Gasteiger partial charge is 0.203 e. The topological polar surface area (TPSA) is 57.9 Å². The molecule has 2 aliphatic rings. The van der Waals surface area contributed by atoms with Crippen molar-refractivity contribution in [3.8, 4) is 0 Å². The van der Waals surface area contributed by atoms with Gasteiger partial charge in [0, 0.05) is 18.8 Å². The molecule has 0 spiro atoms. The SMILES string of the molecule is Nc1ccc2nc(N3CC4CCCC4C3)[nH]c2c1. The van der Waals surface area contributed by atoms with E-state index >= 15 is 0 Å². The summed E-state index contributed by atoms with van der Waals surface area (Å²) in [6.07, 6.45) is 4.21. The molecule has 0 amide bonds. The van der Waals surface area contributed by atoms with Crippen molar-refractivity contribution in [3.63, 3.8) is 0 Å². The summed E-state index contributed by atoms with van der Waals surface area (Å²) in [4.78, 5) is 10.5. The van der Waals surface area contributed by atoms with E-state index in [2.05, 4.69) is 14.9 Å². The fraction of sp³-hybridized carbons (Fsp3) is 0.500. The highest BCUT2D eigenvalue weighted by atomic mass is 15.3. The number of hydrogen-bond donors (Lipinski definition) is 2. The molecule has 1 saturated heterocycles. The lowest BCUT2D eigenvalue weighted by Crippen LogP contribution is -2.21. The van der Waals surface area contributed by atoms with Crippen LogP contribution in [0.15, 0.2) is 18.2 Å². The zero-order chi connectivity index (χ0) is 12.1. The van der Waals surface area contributed by atoms with Gasteiger partial charge in [-0.05, 0) is 42.9 Å². The van der Waals surface area contributed by atoms with Gasteiger partial charge in [0.2, 0.25) is 5.95 Å². The summed E-state index contributed by atoms with van der Waals surface area (Å²) >= 11 is 0. The first kappa shape index (κ1) is 10.2. The summed E-state index contributed by atoms with van der Waals surface area (Å²) in [6.45, 7) is 2.33. The van der Waals surface area contributed by atoms with Crippen LogP contribution in [0, 0.1) is 11.8 Å². The first-order valence-electron chi connectivity index (χ1n) is 6.80. The number of anilines is 2. The van der Waals surface area contributed by atoms with E-state index < -0.39 is 0 Å². The van der Waals surface area contributed by atoms with Crippen molar-refractivity contribution >= 4 is 22.7 Å². The summed E-state index contributed by atoms with van der Waals surface area (Å²) in [5.41, 5.74) is 8.64. The van der Waals surface area contributed by atoms with E-state index in [0.717, 1.165) is 34.5 Å². The maximum Gasteiger partial charge on any atom is 0.203 e. The monoisotopic (exact) mass is 242 g/mol. The number of benzene rings is 1. The standard InChI is InChI=1S/C14H18N4/c15-11-4-5-12-13(6-11)17-14(16-12)18-7-9-2-1-3-10(9)8-18/h4-6,9-10H,1-3,7-8,15H2,(H,16,17). The largest absolute Gasteiger partial charge is 0.399 e. The van der Waals surface area contributed by atoms with Crippen LogP contribution in [0.2, 0.25) is 0 Å². The third kappa shape index (κ3) is 1.48. The predicted octanol–water partition coefficient (Wildman–Crippen LogP) is 2.38. The number of nitrogens with zero attached hydrogens (tertiary/aromatic N) is 2. The molecule has 2 aromatic rings. The molecule has 1 aromatic heterocycles. The van der Waals surface area contributed by atoms with Crippen LogP contribution in [0.3, 0.4) is 0 Å². The average molecular weight is 242 g/mol. The second-order valence-corrected chi connectivity index (χ2v) is 5.69. The van der Waals surface area contributed by atoms with Gasteiger partial charge >= 0.3 is 0 Å². The zero-order valence-electron chi connectivity index (χ0n) is 10.4. The second kappa shape index (κ2) is 3.64. The fourth-order valence-electron chi connectivity index (χ4n) is 3.57. The number of rotatable bonds is 1. The third-order valence-electron chi connectivity index (χ3n) is 4.52. The molecule has 4 nitrogen and oxygen atoms in total. The number of imidazole rings is 1. The Morgan fingerprint density at radius 3 is 2.78 bits per heavy atom. The normalized spacial score (nSPS) is 27.0. The first-order chi connectivity index (χ1) is 8.79. The van der Waals surface area contributed by atoms with Crippen LogP contribution in [-0.2, 0) is 0 Å². The predicted molar refractivity (Wildman–Crippen MR) is 73.6 cm³/mol. The van der Waals surface area contributed by atoms with Gasteiger partial charge in [-0.3, -0.25) is 0 Å². The van der Waals surface area contributed by atoms with Gasteiger partial charge in [0.1, 0.15) is 0 Å². The van der Waals surface area contributed by atoms with Crippen LogP contribution in [0.4, 0.5) is 11.6 Å². The average Bonchev–Trinajstić information content (AvgIpc) is 2.99. The van der Waals surface area contributed by atoms with Gasteiger partial charge in [0.25, 0.3) is 0 Å². The van der Waals surface area contributed by atoms with Gasteiger partial charge in [-0.15, -0.1) is 0 Å². The summed E-state index contributed by atoms with van der Waals surface area (Å²) in [5.74, 6) is 2.80. The van der Waals surface area contributed by atoms with Gasteiger partial charge in [-0.25, -0.2) is 4.98 Å². The Morgan fingerprint density at radius 2 is 2.00 bits per heavy atom. The number of nitrogens with two attached hydrogens (primary N) is 1. The number of hydrogen-bond acceptors (Lipinski definition) is 3. The van der Waals surface area contributed by atoms with E-state index in [1.165, 1.54) is 32.4 Å². The molecule has 2 unspecified atom stereocenters. The van der Waals surface area contributed by atoms with Crippen molar-refractivity contribution in [2.75, 3.05) is 23.7 Å². The minimum atomic E-state index is 0.788. The van der Waals surface area contributed by atoms with E-state index in [-0.39, 0.29) is 0 Å². The maximum absolute atomic E-state index is 5.80. The highest BCUT2D eigenvalue weighted by Gasteiger charge is 2.36. The van der Waals surface area contributed by atoms with Crippen molar-refractivity contribution in [1.82, 2.24) is 9.97 Å². The lowest BCUT2D eigenvalue weighted by Gasteiger charge is -2.15. The second-order valence-electron chi connectivity index (χ2n) is 5.69. The van der Waals surface area contributed by atoms with Gasteiger partial charge in [0.05, 0.1) is 11.0 Å².